The molecule has 0 unspecified atom stereocenters. The maximum absolute atomic E-state index is 12.6. The molecule has 1 aromatic carbocycles. The molecule has 1 saturated heterocycles. The molecule has 0 aliphatic carbocycles. The first-order valence-electron chi connectivity index (χ1n) is 8.75. The minimum absolute atomic E-state index is 0.393. The molecule has 1 aliphatic rings. The van der Waals surface area contributed by atoms with Crippen LogP contribution < -0.4 is 4.74 Å². The topological polar surface area (TPSA) is 93.4 Å². The lowest BCUT2D eigenvalue weighted by Crippen LogP contribution is -2.48. The van der Waals surface area contributed by atoms with Crippen LogP contribution in [0.2, 0.25) is 0 Å². The van der Waals surface area contributed by atoms with Crippen molar-refractivity contribution in [3.8, 4) is 11.4 Å². The second-order valence-corrected chi connectivity index (χ2v) is 9.43. The van der Waals surface area contributed by atoms with Gasteiger partial charge in [0.15, 0.2) is 5.82 Å². The Morgan fingerprint density at radius 2 is 1.86 bits per heavy atom. The van der Waals surface area contributed by atoms with E-state index in [0.29, 0.717) is 42.8 Å². The minimum Gasteiger partial charge on any atom is -0.497 e. The van der Waals surface area contributed by atoms with Crippen molar-refractivity contribution in [1.29, 1.82) is 0 Å². The Hall–Kier alpha value is -2.34. The SMILES string of the molecule is COc1ccc(-n2nnnc2CN2CCN(S(=O)(=O)c3cccs3)CC2)cc1. The standard InChI is InChI=1S/C17H20N6O3S2/c1-26-15-6-4-14(5-7-15)23-16(18-19-20-23)13-21-8-10-22(11-9-21)28(24,25)17-3-2-12-27-17/h2-7,12H,8-11,13H2,1H3. The van der Waals surface area contributed by atoms with Crippen molar-refractivity contribution in [3.05, 3.63) is 47.6 Å². The third kappa shape index (κ3) is 3.78. The largest absolute Gasteiger partial charge is 0.497 e. The third-order valence-electron chi connectivity index (χ3n) is 4.64. The Bertz CT molecular complexity index is 1010. The number of benzene rings is 1. The maximum atomic E-state index is 12.6. The van der Waals surface area contributed by atoms with Crippen molar-refractivity contribution in [1.82, 2.24) is 29.4 Å². The first kappa shape index (κ1) is 19.0. The van der Waals surface area contributed by atoms with Gasteiger partial charge in [0.25, 0.3) is 10.0 Å². The van der Waals surface area contributed by atoms with Crippen LogP contribution in [0.15, 0.2) is 46.0 Å². The van der Waals surface area contributed by atoms with Crippen LogP contribution >= 0.6 is 11.3 Å². The molecule has 0 bridgehead atoms. The number of piperazine rings is 1. The zero-order valence-electron chi connectivity index (χ0n) is 15.3. The molecule has 0 spiro atoms. The Morgan fingerprint density at radius 1 is 1.11 bits per heavy atom. The summed E-state index contributed by atoms with van der Waals surface area (Å²) in [6.07, 6.45) is 0. The van der Waals surface area contributed by atoms with Crippen LogP contribution in [0.1, 0.15) is 5.82 Å². The number of hydrogen-bond donors (Lipinski definition) is 0. The average molecular weight is 421 g/mol. The van der Waals surface area contributed by atoms with Crippen molar-refractivity contribution >= 4 is 21.4 Å². The average Bonchev–Trinajstić information content (AvgIpc) is 3.41. The summed E-state index contributed by atoms with van der Waals surface area (Å²) in [6.45, 7) is 2.70. The number of nitrogens with zero attached hydrogens (tertiary/aromatic N) is 6. The van der Waals surface area contributed by atoms with Gasteiger partial charge in [-0.1, -0.05) is 6.07 Å². The predicted octanol–water partition coefficient (Wildman–Crippen LogP) is 1.24. The van der Waals surface area contributed by atoms with Gasteiger partial charge in [-0.15, -0.1) is 16.4 Å². The zero-order valence-corrected chi connectivity index (χ0v) is 16.9. The Morgan fingerprint density at radius 3 is 2.50 bits per heavy atom. The molecule has 148 valence electrons. The van der Waals surface area contributed by atoms with E-state index in [4.69, 9.17) is 4.74 Å². The van der Waals surface area contributed by atoms with Crippen LogP contribution in [0.5, 0.6) is 5.75 Å². The van der Waals surface area contributed by atoms with Gasteiger partial charge in [0.2, 0.25) is 0 Å². The highest BCUT2D eigenvalue weighted by atomic mass is 32.2. The zero-order chi connectivity index (χ0) is 19.6. The van der Waals surface area contributed by atoms with E-state index >= 15 is 0 Å². The molecule has 1 aliphatic heterocycles. The summed E-state index contributed by atoms with van der Waals surface area (Å²) < 4.78 is 34.1. The fourth-order valence-corrected chi connectivity index (χ4v) is 5.66. The van der Waals surface area contributed by atoms with E-state index < -0.39 is 10.0 Å². The van der Waals surface area contributed by atoms with Crippen molar-refractivity contribution < 1.29 is 13.2 Å². The number of aromatic nitrogens is 4. The molecule has 3 aromatic rings. The highest BCUT2D eigenvalue weighted by molar-refractivity contribution is 7.91. The lowest BCUT2D eigenvalue weighted by Gasteiger charge is -2.33. The summed E-state index contributed by atoms with van der Waals surface area (Å²) in [4.78, 5) is 2.16. The van der Waals surface area contributed by atoms with E-state index in [0.717, 1.165) is 11.4 Å². The predicted molar refractivity (Wildman–Crippen MR) is 104 cm³/mol. The van der Waals surface area contributed by atoms with Gasteiger partial charge in [-0.2, -0.15) is 8.99 Å². The summed E-state index contributed by atoms with van der Waals surface area (Å²) in [7, 11) is -1.77. The van der Waals surface area contributed by atoms with Gasteiger partial charge in [-0.05, 0) is 46.1 Å². The van der Waals surface area contributed by atoms with Crippen LogP contribution in [-0.4, -0.2) is 71.1 Å². The van der Waals surface area contributed by atoms with E-state index in [2.05, 4.69) is 20.4 Å². The Labute approximate surface area is 167 Å². The lowest BCUT2D eigenvalue weighted by atomic mass is 10.3. The molecule has 0 saturated carbocycles. The normalized spacial score (nSPS) is 16.3. The van der Waals surface area contributed by atoms with Gasteiger partial charge in [0.05, 0.1) is 19.3 Å². The Kier molecular flexibility index (Phi) is 5.40. The molecule has 0 N–H and O–H groups in total. The number of rotatable bonds is 6. The molecule has 0 amide bonds. The van der Waals surface area contributed by atoms with Crippen LogP contribution in [0.4, 0.5) is 0 Å². The number of sulfonamides is 1. The number of ether oxygens (including phenoxy) is 1. The molecule has 11 heteroatoms. The van der Waals surface area contributed by atoms with Gasteiger partial charge < -0.3 is 4.74 Å². The van der Waals surface area contributed by atoms with Crippen LogP contribution in [0.3, 0.4) is 0 Å². The maximum Gasteiger partial charge on any atom is 0.252 e. The van der Waals surface area contributed by atoms with Gasteiger partial charge in [0.1, 0.15) is 9.96 Å². The molecule has 1 fully saturated rings. The molecule has 9 nitrogen and oxygen atoms in total. The first-order chi connectivity index (χ1) is 13.6. The summed E-state index contributed by atoms with van der Waals surface area (Å²) in [5.41, 5.74) is 0.847. The van der Waals surface area contributed by atoms with Crippen LogP contribution in [0, 0.1) is 0 Å². The lowest BCUT2D eigenvalue weighted by molar-refractivity contribution is 0.177. The number of thiophene rings is 1. The molecule has 0 radical (unpaired) electrons. The van der Waals surface area contributed by atoms with Crippen molar-refractivity contribution in [2.75, 3.05) is 33.3 Å². The molecule has 4 rings (SSSR count). The van der Waals surface area contributed by atoms with E-state index in [1.807, 2.05) is 24.3 Å². The highest BCUT2D eigenvalue weighted by Crippen LogP contribution is 2.22. The Balaban J connectivity index is 1.41. The van der Waals surface area contributed by atoms with E-state index in [1.165, 1.54) is 11.3 Å². The van der Waals surface area contributed by atoms with Gasteiger partial charge in [0, 0.05) is 26.2 Å². The summed E-state index contributed by atoms with van der Waals surface area (Å²) in [6, 6.07) is 10.9. The smallest absolute Gasteiger partial charge is 0.252 e. The van der Waals surface area contributed by atoms with E-state index in [-0.39, 0.29) is 0 Å². The fraction of sp³-hybridized carbons (Fsp3) is 0.353. The van der Waals surface area contributed by atoms with Crippen molar-refractivity contribution in [2.24, 2.45) is 0 Å². The number of tetrazole rings is 1. The van der Waals surface area contributed by atoms with E-state index in [1.54, 1.807) is 33.6 Å². The number of methoxy groups -OCH3 is 1. The fourth-order valence-electron chi connectivity index (χ4n) is 3.09. The van der Waals surface area contributed by atoms with Crippen molar-refractivity contribution in [3.63, 3.8) is 0 Å². The second-order valence-electron chi connectivity index (χ2n) is 6.32. The minimum atomic E-state index is -3.39. The van der Waals surface area contributed by atoms with Gasteiger partial charge in [-0.3, -0.25) is 4.90 Å². The molecule has 2 aromatic heterocycles. The summed E-state index contributed by atoms with van der Waals surface area (Å²) >= 11 is 1.25. The molecular weight excluding hydrogens is 400 g/mol. The molecule has 28 heavy (non-hydrogen) atoms. The van der Waals surface area contributed by atoms with Gasteiger partial charge in [-0.25, -0.2) is 8.42 Å². The van der Waals surface area contributed by atoms with Crippen LogP contribution in [-0.2, 0) is 16.6 Å². The monoisotopic (exact) mass is 420 g/mol. The quantitative estimate of drug-likeness (QED) is 0.592. The summed E-state index contributed by atoms with van der Waals surface area (Å²) in [5.74, 6) is 1.47. The van der Waals surface area contributed by atoms with Gasteiger partial charge >= 0.3 is 0 Å². The molecule has 0 atom stereocenters. The third-order valence-corrected chi connectivity index (χ3v) is 7.91. The molecule has 3 heterocycles. The number of hydrogen-bond acceptors (Lipinski definition) is 8. The van der Waals surface area contributed by atoms with E-state index in [9.17, 15) is 8.42 Å². The first-order valence-corrected chi connectivity index (χ1v) is 11.1. The van der Waals surface area contributed by atoms with Crippen LogP contribution in [0.25, 0.3) is 5.69 Å². The second kappa shape index (κ2) is 7.95. The van der Waals surface area contributed by atoms with Crippen molar-refractivity contribution in [2.45, 2.75) is 10.8 Å². The highest BCUT2D eigenvalue weighted by Gasteiger charge is 2.29. The molecular formula is C17H20N6O3S2. The summed E-state index contributed by atoms with van der Waals surface area (Å²) in [5, 5.41) is 13.8.